The van der Waals surface area contributed by atoms with E-state index >= 15 is 0 Å². The number of hydrogen-bond donors (Lipinski definition) is 2. The van der Waals surface area contributed by atoms with E-state index in [1.807, 2.05) is 6.92 Å². The summed E-state index contributed by atoms with van der Waals surface area (Å²) in [5.74, 6) is -3.65. The molecule has 0 amide bonds. The largest absolute Gasteiger partial charge is 0.481 e. The summed E-state index contributed by atoms with van der Waals surface area (Å²) in [4.78, 5) is 21.3. The summed E-state index contributed by atoms with van der Waals surface area (Å²) in [7, 11) is 1.43. The van der Waals surface area contributed by atoms with Gasteiger partial charge in [0.05, 0.1) is 48.9 Å². The molecule has 1 aliphatic heterocycles. The topological polar surface area (TPSA) is 96.8 Å². The van der Waals surface area contributed by atoms with E-state index in [1.165, 1.54) is 31.6 Å². The second kappa shape index (κ2) is 10.7. The quantitative estimate of drug-likeness (QED) is 0.561. The van der Waals surface area contributed by atoms with E-state index < -0.39 is 24.5 Å². The number of nitrogens with one attached hydrogen (secondary N) is 1. The van der Waals surface area contributed by atoms with Gasteiger partial charge in [-0.2, -0.15) is 13.2 Å². The number of halogens is 3. The molecular formula is C22H27F3N4O4. The molecule has 0 aliphatic carbocycles. The number of hydrogen-bond acceptors (Lipinski definition) is 7. The van der Waals surface area contributed by atoms with Crippen LogP contribution < -0.4 is 15.0 Å². The zero-order chi connectivity index (χ0) is 24.0. The monoisotopic (exact) mass is 468 g/mol. The molecule has 2 heterocycles. The molecule has 1 unspecified atom stereocenters. The number of aliphatic carboxylic acids is 1. The lowest BCUT2D eigenvalue weighted by molar-refractivity contribution is -0.163. The Morgan fingerprint density at radius 1 is 1.30 bits per heavy atom. The molecule has 180 valence electrons. The van der Waals surface area contributed by atoms with Gasteiger partial charge in [0, 0.05) is 25.8 Å². The molecule has 3 rings (SSSR count). The van der Waals surface area contributed by atoms with E-state index in [0.717, 1.165) is 12.8 Å². The van der Waals surface area contributed by atoms with Crippen LogP contribution in [0.4, 0.5) is 30.2 Å². The Hall–Kier alpha value is -3.08. The van der Waals surface area contributed by atoms with Crippen LogP contribution in [-0.4, -0.2) is 60.1 Å². The van der Waals surface area contributed by atoms with Crippen LogP contribution >= 0.6 is 0 Å². The van der Waals surface area contributed by atoms with Gasteiger partial charge >= 0.3 is 18.2 Å². The summed E-state index contributed by atoms with van der Waals surface area (Å²) in [6, 6.07) is 4.66. The van der Waals surface area contributed by atoms with Gasteiger partial charge in [-0.05, 0) is 37.5 Å². The summed E-state index contributed by atoms with van der Waals surface area (Å²) in [5.41, 5.74) is 1.45. The summed E-state index contributed by atoms with van der Waals surface area (Å²) >= 11 is 0. The number of methoxy groups -OCH3 is 1. The number of carboxylic acid groups (broad SMARTS) is 1. The summed E-state index contributed by atoms with van der Waals surface area (Å²) in [6.45, 7) is 3.84. The zero-order valence-corrected chi connectivity index (χ0v) is 18.4. The third-order valence-electron chi connectivity index (χ3n) is 5.57. The lowest BCUT2D eigenvalue weighted by Crippen LogP contribution is -2.39. The minimum atomic E-state index is -4.70. The van der Waals surface area contributed by atoms with Gasteiger partial charge in [-0.3, -0.25) is 4.79 Å². The molecule has 0 saturated carbocycles. The van der Waals surface area contributed by atoms with Gasteiger partial charge in [-0.25, -0.2) is 9.97 Å². The predicted octanol–water partition coefficient (Wildman–Crippen LogP) is 4.35. The second-order valence-electron chi connectivity index (χ2n) is 7.68. The van der Waals surface area contributed by atoms with Gasteiger partial charge in [0.25, 0.3) is 0 Å². The minimum Gasteiger partial charge on any atom is -0.481 e. The Labute approximate surface area is 189 Å². The molecule has 33 heavy (non-hydrogen) atoms. The molecule has 11 heteroatoms. The van der Waals surface area contributed by atoms with Crippen LogP contribution in [-0.2, 0) is 9.53 Å². The fraction of sp³-hybridized carbons (Fsp3) is 0.500. The molecule has 0 spiro atoms. The van der Waals surface area contributed by atoms with E-state index in [4.69, 9.17) is 14.6 Å². The van der Waals surface area contributed by atoms with Crippen molar-refractivity contribution in [1.29, 1.82) is 0 Å². The van der Waals surface area contributed by atoms with Crippen LogP contribution in [0, 0.1) is 0 Å². The molecule has 1 atom stereocenters. The van der Waals surface area contributed by atoms with Crippen molar-refractivity contribution in [1.82, 2.24) is 9.97 Å². The first-order valence-corrected chi connectivity index (χ1v) is 10.6. The molecule has 0 radical (unpaired) electrons. The van der Waals surface area contributed by atoms with Crippen molar-refractivity contribution in [2.24, 2.45) is 0 Å². The number of carbonyl (C=O) groups is 1. The fourth-order valence-corrected chi connectivity index (χ4v) is 3.98. The van der Waals surface area contributed by atoms with E-state index in [9.17, 15) is 18.0 Å². The molecule has 1 aliphatic rings. The number of ether oxygens (including phenoxy) is 2. The zero-order valence-electron chi connectivity index (χ0n) is 18.4. The molecule has 1 aromatic carbocycles. The fourth-order valence-electron chi connectivity index (χ4n) is 3.98. The molecule has 0 bridgehead atoms. The van der Waals surface area contributed by atoms with Crippen molar-refractivity contribution in [2.45, 2.75) is 44.3 Å². The van der Waals surface area contributed by atoms with Gasteiger partial charge in [0.1, 0.15) is 0 Å². The first-order valence-electron chi connectivity index (χ1n) is 10.6. The van der Waals surface area contributed by atoms with Crippen LogP contribution in [0.1, 0.15) is 37.7 Å². The number of nitrogens with zero attached hydrogens (tertiary/aromatic N) is 3. The molecule has 8 nitrogen and oxygen atoms in total. The number of rotatable bonds is 9. The summed E-state index contributed by atoms with van der Waals surface area (Å²) in [5, 5.41) is 12.2. The maximum absolute atomic E-state index is 13.7. The first kappa shape index (κ1) is 24.6. The average molecular weight is 468 g/mol. The van der Waals surface area contributed by atoms with Crippen molar-refractivity contribution < 1.29 is 32.5 Å². The number of benzene rings is 1. The highest BCUT2D eigenvalue weighted by Crippen LogP contribution is 2.41. The third kappa shape index (κ3) is 6.25. The highest BCUT2D eigenvalue weighted by molar-refractivity contribution is 5.77. The highest BCUT2D eigenvalue weighted by Gasteiger charge is 2.42. The molecule has 1 aromatic heterocycles. The van der Waals surface area contributed by atoms with Crippen molar-refractivity contribution >= 4 is 23.0 Å². The van der Waals surface area contributed by atoms with E-state index in [0.29, 0.717) is 36.8 Å². The summed E-state index contributed by atoms with van der Waals surface area (Å²) in [6.07, 6.45) is -1.23. The standard InChI is InChI=1S/C22H27F3N4O4/c1-3-29(16-6-8-33-9-7-16)19-5-4-14(17(11-20(30)31)22(23,24)25)10-18(19)28-15-12-26-21(32-2)27-13-15/h4-5,10,12-13,16-17,28H,3,6-9,11H2,1-2H3,(H,30,31). The summed E-state index contributed by atoms with van der Waals surface area (Å²) < 4.78 is 51.5. The number of alkyl halides is 3. The number of anilines is 3. The lowest BCUT2D eigenvalue weighted by Gasteiger charge is -2.37. The molecule has 2 aromatic rings. The Bertz CT molecular complexity index is 934. The molecular weight excluding hydrogens is 441 g/mol. The second-order valence-corrected chi connectivity index (χ2v) is 7.68. The molecule has 1 saturated heterocycles. The smallest absolute Gasteiger partial charge is 0.396 e. The van der Waals surface area contributed by atoms with E-state index in [2.05, 4.69) is 20.2 Å². The Morgan fingerprint density at radius 3 is 2.52 bits per heavy atom. The normalized spacial score (nSPS) is 15.7. The molecule has 2 N–H and O–H groups in total. The van der Waals surface area contributed by atoms with Crippen molar-refractivity contribution in [2.75, 3.05) is 37.1 Å². The van der Waals surface area contributed by atoms with Crippen LogP contribution in [0.3, 0.4) is 0 Å². The average Bonchev–Trinajstić information content (AvgIpc) is 2.79. The Kier molecular flexibility index (Phi) is 7.96. The first-order chi connectivity index (χ1) is 15.7. The van der Waals surface area contributed by atoms with Gasteiger partial charge < -0.3 is 24.8 Å². The van der Waals surface area contributed by atoms with Crippen molar-refractivity contribution in [3.63, 3.8) is 0 Å². The SMILES string of the molecule is CCN(c1ccc(C(CC(=O)O)C(F)(F)F)cc1Nc1cnc(OC)nc1)C1CCOCC1. The molecule has 1 fully saturated rings. The number of carboxylic acids is 1. The third-order valence-corrected chi connectivity index (χ3v) is 5.57. The van der Waals surface area contributed by atoms with E-state index in [-0.39, 0.29) is 17.6 Å². The van der Waals surface area contributed by atoms with Gasteiger partial charge in [-0.1, -0.05) is 6.07 Å². The van der Waals surface area contributed by atoms with Gasteiger partial charge in [-0.15, -0.1) is 0 Å². The Morgan fingerprint density at radius 2 is 1.97 bits per heavy atom. The van der Waals surface area contributed by atoms with Crippen LogP contribution in [0.2, 0.25) is 0 Å². The Balaban J connectivity index is 2.04. The van der Waals surface area contributed by atoms with Crippen LogP contribution in [0.15, 0.2) is 30.6 Å². The predicted molar refractivity (Wildman–Crippen MR) is 116 cm³/mol. The maximum atomic E-state index is 13.7. The number of aromatic nitrogens is 2. The highest BCUT2D eigenvalue weighted by atomic mass is 19.4. The van der Waals surface area contributed by atoms with Gasteiger partial charge in [0.2, 0.25) is 0 Å². The minimum absolute atomic E-state index is 0.131. The van der Waals surface area contributed by atoms with Gasteiger partial charge in [0.15, 0.2) is 0 Å². The lowest BCUT2D eigenvalue weighted by atomic mass is 9.93. The van der Waals surface area contributed by atoms with Crippen molar-refractivity contribution in [3.8, 4) is 6.01 Å². The van der Waals surface area contributed by atoms with Crippen LogP contribution in [0.5, 0.6) is 6.01 Å². The maximum Gasteiger partial charge on any atom is 0.396 e. The van der Waals surface area contributed by atoms with E-state index in [1.54, 1.807) is 6.07 Å². The van der Waals surface area contributed by atoms with Crippen LogP contribution in [0.25, 0.3) is 0 Å². The van der Waals surface area contributed by atoms with Crippen molar-refractivity contribution in [3.05, 3.63) is 36.2 Å².